The number of carbonyl (C=O) groups is 5. The average molecular weight is 513 g/mol. The molecule has 0 saturated carbocycles. The third-order valence-electron chi connectivity index (χ3n) is 4.75. The average Bonchev–Trinajstić information content (AvgIpc) is 3.30. The zero-order valence-electron chi connectivity index (χ0n) is 19.3. The van der Waals surface area contributed by atoms with Gasteiger partial charge in [0.25, 0.3) is 0 Å². The monoisotopic (exact) mass is 512 g/mol. The van der Waals surface area contributed by atoms with E-state index in [9.17, 15) is 24.0 Å². The zero-order chi connectivity index (χ0) is 27.3. The minimum Gasteiger partial charge on any atom is -0.480 e. The van der Waals surface area contributed by atoms with Gasteiger partial charge in [0, 0.05) is 24.9 Å². The number of nitrogens with zero attached hydrogens (tertiary/aromatic N) is 2. The predicted octanol–water partition coefficient (Wildman–Crippen LogP) is -5.26. The molecular formula is C19H32N10O7. The van der Waals surface area contributed by atoms with Crippen LogP contribution in [0.4, 0.5) is 0 Å². The van der Waals surface area contributed by atoms with Gasteiger partial charge in [-0.2, -0.15) is 0 Å². The number of rotatable bonds is 16. The van der Waals surface area contributed by atoms with E-state index in [2.05, 4.69) is 30.9 Å². The van der Waals surface area contributed by atoms with Gasteiger partial charge in [0.15, 0.2) is 5.96 Å². The van der Waals surface area contributed by atoms with Gasteiger partial charge in [-0.15, -0.1) is 0 Å². The number of hydrogen-bond acceptors (Lipinski definition) is 9. The Morgan fingerprint density at radius 3 is 2.14 bits per heavy atom. The number of imidazole rings is 1. The van der Waals surface area contributed by atoms with Crippen molar-refractivity contribution >= 4 is 35.6 Å². The van der Waals surface area contributed by atoms with Crippen LogP contribution in [0.1, 0.15) is 25.0 Å². The van der Waals surface area contributed by atoms with Crippen LogP contribution in [-0.2, 0) is 30.4 Å². The fourth-order valence-electron chi connectivity index (χ4n) is 2.92. The molecular weight excluding hydrogens is 480 g/mol. The number of aliphatic hydroxyl groups excluding tert-OH is 1. The van der Waals surface area contributed by atoms with E-state index < -0.39 is 66.8 Å². The van der Waals surface area contributed by atoms with Crippen molar-refractivity contribution in [3.8, 4) is 0 Å². The summed E-state index contributed by atoms with van der Waals surface area (Å²) < 4.78 is 0. The molecule has 36 heavy (non-hydrogen) atoms. The molecule has 0 aliphatic carbocycles. The van der Waals surface area contributed by atoms with Crippen molar-refractivity contribution in [3.63, 3.8) is 0 Å². The summed E-state index contributed by atoms with van der Waals surface area (Å²) in [5.74, 6) is -5.27. The minimum atomic E-state index is -1.63. The van der Waals surface area contributed by atoms with E-state index in [4.69, 9.17) is 33.1 Å². The molecule has 4 amide bonds. The molecule has 0 radical (unpaired) electrons. The van der Waals surface area contributed by atoms with Crippen molar-refractivity contribution in [2.75, 3.05) is 13.2 Å². The van der Waals surface area contributed by atoms with Crippen LogP contribution in [0.15, 0.2) is 17.5 Å². The summed E-state index contributed by atoms with van der Waals surface area (Å²) in [6.07, 6.45) is 2.45. The van der Waals surface area contributed by atoms with Crippen molar-refractivity contribution < 1.29 is 34.2 Å². The van der Waals surface area contributed by atoms with Crippen LogP contribution in [0.2, 0.25) is 0 Å². The molecule has 17 nitrogen and oxygen atoms in total. The van der Waals surface area contributed by atoms with Crippen molar-refractivity contribution in [1.82, 2.24) is 25.9 Å². The first-order chi connectivity index (χ1) is 16.9. The van der Waals surface area contributed by atoms with Crippen molar-refractivity contribution in [1.29, 1.82) is 0 Å². The van der Waals surface area contributed by atoms with E-state index in [1.54, 1.807) is 0 Å². The normalized spacial score (nSPS) is 13.9. The summed E-state index contributed by atoms with van der Waals surface area (Å²) in [6, 6.07) is -5.54. The molecule has 0 spiro atoms. The van der Waals surface area contributed by atoms with Crippen LogP contribution in [0.5, 0.6) is 0 Å². The molecule has 14 N–H and O–H groups in total. The molecule has 200 valence electrons. The maximum atomic E-state index is 12.9. The summed E-state index contributed by atoms with van der Waals surface area (Å²) in [4.78, 5) is 71.0. The van der Waals surface area contributed by atoms with Crippen LogP contribution >= 0.6 is 0 Å². The third-order valence-corrected chi connectivity index (χ3v) is 4.75. The van der Waals surface area contributed by atoms with Gasteiger partial charge in [-0.25, -0.2) is 9.78 Å². The number of nitrogens with two attached hydrogens (primary N) is 4. The highest BCUT2D eigenvalue weighted by molar-refractivity contribution is 5.96. The second-order valence-corrected chi connectivity index (χ2v) is 7.71. The molecule has 1 aromatic rings. The number of amides is 4. The van der Waals surface area contributed by atoms with Gasteiger partial charge < -0.3 is 54.1 Å². The Labute approximate surface area is 205 Å². The minimum absolute atomic E-state index is 0.0529. The first-order valence-corrected chi connectivity index (χ1v) is 10.8. The zero-order valence-corrected chi connectivity index (χ0v) is 19.3. The van der Waals surface area contributed by atoms with Gasteiger partial charge in [0.2, 0.25) is 23.6 Å². The number of carboxylic acid groups (broad SMARTS) is 1. The topological polar surface area (TPSA) is 307 Å². The molecule has 0 fully saturated rings. The Bertz CT molecular complexity index is 933. The molecule has 0 saturated heterocycles. The SMILES string of the molecule is NC(=O)CC(NC(=O)C(N)Cc1cnc[nH]1)C(=O)NC(CCCN=C(N)N)C(=O)NC(CO)C(=O)O. The summed E-state index contributed by atoms with van der Waals surface area (Å²) >= 11 is 0. The Hall–Kier alpha value is -4.25. The Morgan fingerprint density at radius 2 is 1.61 bits per heavy atom. The highest BCUT2D eigenvalue weighted by atomic mass is 16.4. The molecule has 1 rings (SSSR count). The maximum Gasteiger partial charge on any atom is 0.328 e. The van der Waals surface area contributed by atoms with Crippen molar-refractivity contribution in [3.05, 3.63) is 18.2 Å². The van der Waals surface area contributed by atoms with Gasteiger partial charge in [-0.1, -0.05) is 0 Å². The Morgan fingerprint density at radius 1 is 1.00 bits per heavy atom. The summed E-state index contributed by atoms with van der Waals surface area (Å²) in [5, 5.41) is 25.0. The number of carboxylic acids is 1. The van der Waals surface area contributed by atoms with Gasteiger partial charge in [-0.3, -0.25) is 24.2 Å². The van der Waals surface area contributed by atoms with E-state index in [0.717, 1.165) is 0 Å². The molecule has 4 atom stereocenters. The molecule has 17 heteroatoms. The third kappa shape index (κ3) is 10.8. The lowest BCUT2D eigenvalue weighted by molar-refractivity contribution is -0.143. The van der Waals surface area contributed by atoms with Gasteiger partial charge in [-0.05, 0) is 12.8 Å². The van der Waals surface area contributed by atoms with E-state index in [-0.39, 0.29) is 31.8 Å². The van der Waals surface area contributed by atoms with Crippen molar-refractivity contribution in [2.24, 2.45) is 27.9 Å². The van der Waals surface area contributed by atoms with Gasteiger partial charge in [0.05, 0.1) is 25.4 Å². The lowest BCUT2D eigenvalue weighted by atomic mass is 10.1. The highest BCUT2D eigenvalue weighted by Crippen LogP contribution is 2.04. The number of guanidine groups is 1. The molecule has 0 bridgehead atoms. The second-order valence-electron chi connectivity index (χ2n) is 7.71. The maximum absolute atomic E-state index is 12.9. The number of carbonyl (C=O) groups excluding carboxylic acids is 4. The molecule has 4 unspecified atom stereocenters. The molecule has 0 aliphatic heterocycles. The Kier molecular flexibility index (Phi) is 12.3. The lowest BCUT2D eigenvalue weighted by Crippen LogP contribution is -2.58. The van der Waals surface area contributed by atoms with Crippen LogP contribution in [-0.4, -0.2) is 93.1 Å². The number of aliphatic hydroxyl groups is 1. The van der Waals surface area contributed by atoms with Gasteiger partial charge in [0.1, 0.15) is 18.1 Å². The smallest absolute Gasteiger partial charge is 0.328 e. The van der Waals surface area contributed by atoms with Crippen LogP contribution < -0.4 is 38.9 Å². The van der Waals surface area contributed by atoms with Crippen LogP contribution in [0.25, 0.3) is 0 Å². The summed E-state index contributed by atoms with van der Waals surface area (Å²) in [6.45, 7) is -0.807. The predicted molar refractivity (Wildman–Crippen MR) is 125 cm³/mol. The Balaban J connectivity index is 2.96. The van der Waals surface area contributed by atoms with E-state index in [1.165, 1.54) is 12.5 Å². The van der Waals surface area contributed by atoms with Crippen LogP contribution in [0, 0.1) is 0 Å². The number of aromatic amines is 1. The molecule has 0 aliphatic rings. The lowest BCUT2D eigenvalue weighted by Gasteiger charge is -2.24. The molecule has 0 aromatic carbocycles. The van der Waals surface area contributed by atoms with Crippen molar-refractivity contribution in [2.45, 2.75) is 49.9 Å². The second kappa shape index (κ2) is 14.9. The fourth-order valence-corrected chi connectivity index (χ4v) is 2.92. The highest BCUT2D eigenvalue weighted by Gasteiger charge is 2.31. The van der Waals surface area contributed by atoms with E-state index in [1.807, 2.05) is 0 Å². The van der Waals surface area contributed by atoms with E-state index in [0.29, 0.717) is 5.69 Å². The number of aromatic nitrogens is 2. The number of nitrogens with one attached hydrogen (secondary N) is 4. The fraction of sp³-hybridized carbons (Fsp3) is 0.526. The van der Waals surface area contributed by atoms with Crippen LogP contribution in [0.3, 0.4) is 0 Å². The largest absolute Gasteiger partial charge is 0.480 e. The number of hydrogen-bond donors (Lipinski definition) is 10. The van der Waals surface area contributed by atoms with E-state index >= 15 is 0 Å². The molecule has 1 aromatic heterocycles. The quantitative estimate of drug-likeness (QED) is 0.0566. The summed E-state index contributed by atoms with van der Waals surface area (Å²) in [7, 11) is 0. The first-order valence-electron chi connectivity index (χ1n) is 10.8. The summed E-state index contributed by atoms with van der Waals surface area (Å²) in [5.41, 5.74) is 22.1. The first kappa shape index (κ1) is 29.8. The van der Waals surface area contributed by atoms with Gasteiger partial charge >= 0.3 is 5.97 Å². The standard InChI is InChI=1S/C19H32N10O7/c20-10(4-9-6-24-8-26-9)15(32)28-12(5-14(21)31)17(34)27-11(2-1-3-25-19(22)23)16(33)29-13(7-30)18(35)36/h6,8,10-13,30H,1-5,7,20H2,(H2,21,31)(H,24,26)(H,27,34)(H,28,32)(H,29,33)(H,35,36)(H4,22,23,25). The number of H-pyrrole nitrogens is 1. The number of aliphatic imine (C=N–C) groups is 1. The number of primary amides is 1. The molecule has 1 heterocycles. The number of aliphatic carboxylic acids is 1.